The molecule has 0 aliphatic heterocycles. The summed E-state index contributed by atoms with van der Waals surface area (Å²) in [5.74, 6) is -0.458. The second-order valence-electron chi connectivity index (χ2n) is 8.08. The van der Waals surface area contributed by atoms with E-state index in [2.05, 4.69) is 33.8 Å². The van der Waals surface area contributed by atoms with Crippen LogP contribution in [0.3, 0.4) is 0 Å². The highest BCUT2D eigenvalue weighted by Gasteiger charge is 2.46. The Morgan fingerprint density at radius 3 is 2.81 bits per heavy atom. The largest absolute Gasteiger partial charge is 0.443 e. The Morgan fingerprint density at radius 2 is 2.10 bits per heavy atom. The van der Waals surface area contributed by atoms with Crippen LogP contribution in [0.5, 0.6) is 0 Å². The highest BCUT2D eigenvalue weighted by Crippen LogP contribution is 2.39. The van der Waals surface area contributed by atoms with Crippen LogP contribution in [0.1, 0.15) is 38.2 Å². The predicted molar refractivity (Wildman–Crippen MR) is 114 cm³/mol. The van der Waals surface area contributed by atoms with Crippen LogP contribution < -0.4 is 16.4 Å². The molecule has 8 heteroatoms. The van der Waals surface area contributed by atoms with Crippen molar-refractivity contribution in [3.63, 3.8) is 0 Å². The van der Waals surface area contributed by atoms with Gasteiger partial charge in [0.25, 0.3) is 0 Å². The topological polar surface area (TPSA) is 121 Å². The summed E-state index contributed by atoms with van der Waals surface area (Å²) in [6, 6.07) is 13.4. The Morgan fingerprint density at radius 1 is 1.32 bits per heavy atom. The molecular weight excluding hydrogens is 396 g/mol. The molecule has 2 heterocycles. The Hall–Kier alpha value is -3.60. The van der Waals surface area contributed by atoms with Gasteiger partial charge in [-0.1, -0.05) is 43.7 Å². The Kier molecular flexibility index (Phi) is 5.76. The Labute approximate surface area is 179 Å². The third-order valence-electron chi connectivity index (χ3n) is 5.69. The molecule has 2 aromatic heterocycles. The summed E-state index contributed by atoms with van der Waals surface area (Å²) < 4.78 is 10.0. The van der Waals surface area contributed by atoms with Gasteiger partial charge in [0.1, 0.15) is 22.8 Å². The molecule has 2 N–H and O–H groups in total. The zero-order valence-electron chi connectivity index (χ0n) is 17.3. The van der Waals surface area contributed by atoms with Crippen LogP contribution >= 0.6 is 0 Å². The van der Waals surface area contributed by atoms with Crippen molar-refractivity contribution in [1.82, 2.24) is 10.3 Å². The summed E-state index contributed by atoms with van der Waals surface area (Å²) in [4.78, 5) is 28.6. The van der Waals surface area contributed by atoms with Gasteiger partial charge in [-0.15, -0.1) is 0 Å². The van der Waals surface area contributed by atoms with E-state index in [1.807, 2.05) is 25.1 Å². The van der Waals surface area contributed by atoms with Crippen molar-refractivity contribution < 1.29 is 13.6 Å². The molecular formula is C23H24N4O4. The van der Waals surface area contributed by atoms with Gasteiger partial charge in [0.15, 0.2) is 0 Å². The molecule has 0 radical (unpaired) electrons. The maximum absolute atomic E-state index is 13.1. The van der Waals surface area contributed by atoms with E-state index >= 15 is 0 Å². The molecule has 8 nitrogen and oxygen atoms in total. The van der Waals surface area contributed by atoms with E-state index < -0.39 is 17.3 Å². The first kappa shape index (κ1) is 20.7. The van der Waals surface area contributed by atoms with Gasteiger partial charge in [0.2, 0.25) is 5.91 Å². The number of fused-ring (bicyclic) bond motifs is 1. The molecule has 1 aliphatic rings. The van der Waals surface area contributed by atoms with E-state index in [4.69, 9.17) is 8.83 Å². The monoisotopic (exact) mass is 420 g/mol. The summed E-state index contributed by atoms with van der Waals surface area (Å²) in [6.45, 7) is 1.96. The number of aromatic nitrogens is 1. The van der Waals surface area contributed by atoms with Crippen LogP contribution in [-0.2, 0) is 11.2 Å². The Balaban J connectivity index is 1.44. The molecule has 1 unspecified atom stereocenters. The van der Waals surface area contributed by atoms with Crippen LogP contribution in [0.2, 0.25) is 0 Å². The van der Waals surface area contributed by atoms with Gasteiger partial charge in [-0.05, 0) is 43.2 Å². The van der Waals surface area contributed by atoms with E-state index in [-0.39, 0.29) is 17.5 Å². The third-order valence-corrected chi connectivity index (χ3v) is 5.69. The molecule has 3 aromatic rings. The van der Waals surface area contributed by atoms with Crippen molar-refractivity contribution in [3.05, 3.63) is 58.8 Å². The maximum atomic E-state index is 13.1. The maximum Gasteiger partial charge on any atom is 0.443 e. The second kappa shape index (κ2) is 8.64. The molecule has 1 amide bonds. The van der Waals surface area contributed by atoms with Crippen molar-refractivity contribution in [2.45, 2.75) is 50.6 Å². The number of furan rings is 1. The van der Waals surface area contributed by atoms with Gasteiger partial charge >= 0.3 is 11.5 Å². The van der Waals surface area contributed by atoms with E-state index in [1.165, 1.54) is 11.8 Å². The highest BCUT2D eigenvalue weighted by molar-refractivity contribution is 5.90. The summed E-state index contributed by atoms with van der Waals surface area (Å²) in [5, 5.41) is 16.2. The molecule has 4 rings (SSSR count). The molecule has 1 fully saturated rings. The predicted octanol–water partition coefficient (Wildman–Crippen LogP) is 3.39. The number of hydrogen-bond donors (Lipinski definition) is 2. The van der Waals surface area contributed by atoms with Gasteiger partial charge < -0.3 is 19.5 Å². The lowest BCUT2D eigenvalue weighted by molar-refractivity contribution is -0.124. The van der Waals surface area contributed by atoms with E-state index in [1.54, 1.807) is 6.07 Å². The minimum atomic E-state index is -0.863. The molecule has 0 spiro atoms. The number of nitriles is 1. The quantitative estimate of drug-likeness (QED) is 0.573. The normalized spacial score (nSPS) is 21.1. The van der Waals surface area contributed by atoms with Crippen molar-refractivity contribution in [2.24, 2.45) is 5.92 Å². The third kappa shape index (κ3) is 4.45. The average molecular weight is 420 g/mol. The minimum absolute atomic E-state index is 0.0504. The molecule has 1 aromatic carbocycles. The molecule has 1 atom stereocenters. The SMILES string of the molecule is CCCC(Nc1nc(=O)oc2occc12)C(=O)NC1(C#N)CC(Cc2ccccc2)C1. The number of carbonyl (C=O) groups is 1. The molecule has 160 valence electrons. The van der Waals surface area contributed by atoms with Crippen LogP contribution in [0.25, 0.3) is 11.2 Å². The van der Waals surface area contributed by atoms with Crippen molar-refractivity contribution in [2.75, 3.05) is 5.32 Å². The van der Waals surface area contributed by atoms with Crippen LogP contribution in [0.4, 0.5) is 5.82 Å². The lowest BCUT2D eigenvalue weighted by Gasteiger charge is -2.43. The summed E-state index contributed by atoms with van der Waals surface area (Å²) in [7, 11) is 0. The van der Waals surface area contributed by atoms with Crippen molar-refractivity contribution in [1.29, 1.82) is 5.26 Å². The summed E-state index contributed by atoms with van der Waals surface area (Å²) in [5.41, 5.74) is 0.368. The fourth-order valence-electron chi connectivity index (χ4n) is 4.20. The first-order chi connectivity index (χ1) is 15.0. The smallest absolute Gasteiger partial charge is 0.433 e. The number of carbonyl (C=O) groups excluding carboxylic acids is 1. The Bertz CT molecular complexity index is 1160. The number of nitrogens with one attached hydrogen (secondary N) is 2. The summed E-state index contributed by atoms with van der Waals surface area (Å²) >= 11 is 0. The number of amides is 1. The molecule has 1 aliphatic carbocycles. The summed E-state index contributed by atoms with van der Waals surface area (Å²) in [6.07, 6.45) is 4.75. The van der Waals surface area contributed by atoms with Crippen LogP contribution in [0, 0.1) is 17.2 Å². The van der Waals surface area contributed by atoms with E-state index in [9.17, 15) is 14.9 Å². The zero-order chi connectivity index (χ0) is 21.8. The lowest BCUT2D eigenvalue weighted by Crippen LogP contribution is -2.59. The van der Waals surface area contributed by atoms with Crippen molar-refractivity contribution >= 4 is 22.9 Å². The van der Waals surface area contributed by atoms with Gasteiger partial charge in [0.05, 0.1) is 12.3 Å². The number of rotatable bonds is 8. The van der Waals surface area contributed by atoms with Gasteiger partial charge in [-0.2, -0.15) is 10.2 Å². The number of anilines is 1. The zero-order valence-corrected chi connectivity index (χ0v) is 17.3. The van der Waals surface area contributed by atoms with Crippen LogP contribution in [-0.4, -0.2) is 22.5 Å². The average Bonchev–Trinajstić information content (AvgIpc) is 3.20. The number of hydrogen-bond acceptors (Lipinski definition) is 7. The van der Waals surface area contributed by atoms with E-state index in [0.29, 0.717) is 30.6 Å². The first-order valence-corrected chi connectivity index (χ1v) is 10.4. The van der Waals surface area contributed by atoms with Gasteiger partial charge in [0, 0.05) is 0 Å². The first-order valence-electron chi connectivity index (χ1n) is 10.4. The second-order valence-corrected chi connectivity index (χ2v) is 8.08. The number of nitrogens with zero attached hydrogens (tertiary/aromatic N) is 2. The molecule has 0 bridgehead atoms. The van der Waals surface area contributed by atoms with Crippen molar-refractivity contribution in [3.8, 4) is 6.07 Å². The molecule has 31 heavy (non-hydrogen) atoms. The van der Waals surface area contributed by atoms with Crippen LogP contribution in [0.15, 0.2) is 56.3 Å². The van der Waals surface area contributed by atoms with E-state index in [0.717, 1.165) is 12.8 Å². The molecule has 1 saturated carbocycles. The fraction of sp³-hybridized carbons (Fsp3) is 0.391. The number of benzene rings is 1. The lowest BCUT2D eigenvalue weighted by atomic mass is 9.67. The fourth-order valence-corrected chi connectivity index (χ4v) is 4.20. The van der Waals surface area contributed by atoms with Gasteiger partial charge in [-0.25, -0.2) is 4.79 Å². The standard InChI is InChI=1S/C23H24N4O4/c1-2-6-18(25-19-17-9-10-30-21(17)31-22(29)26-19)20(28)27-23(14-24)12-16(13-23)11-15-7-4-3-5-8-15/h3-5,7-10,16,18H,2,6,11-13H2,1H3,(H,27,28)(H,25,26,29). The minimum Gasteiger partial charge on any atom is -0.433 e. The highest BCUT2D eigenvalue weighted by atomic mass is 16.5. The van der Waals surface area contributed by atoms with Gasteiger partial charge in [-0.3, -0.25) is 4.79 Å². The molecule has 0 saturated heterocycles.